The van der Waals surface area contributed by atoms with E-state index in [4.69, 9.17) is 34.8 Å². The fourth-order valence-electron chi connectivity index (χ4n) is 4.02. The maximum atomic E-state index is 13.3. The molecular weight excluding hydrogens is 488 g/mol. The molecule has 2 fully saturated rings. The van der Waals surface area contributed by atoms with Crippen LogP contribution < -0.4 is 0 Å². The van der Waals surface area contributed by atoms with E-state index in [9.17, 15) is 18.0 Å². The molecule has 1 unspecified atom stereocenters. The van der Waals surface area contributed by atoms with Gasteiger partial charge in [-0.2, -0.15) is 18.3 Å². The maximum absolute atomic E-state index is 13.3. The molecule has 4 rings (SSSR count). The number of amides is 1. The number of carbonyl (C=O) groups is 1. The van der Waals surface area contributed by atoms with Gasteiger partial charge in [0.25, 0.3) is 0 Å². The van der Waals surface area contributed by atoms with Gasteiger partial charge < -0.3 is 4.90 Å². The third-order valence-electron chi connectivity index (χ3n) is 5.92. The van der Waals surface area contributed by atoms with Gasteiger partial charge in [0, 0.05) is 38.6 Å². The highest BCUT2D eigenvalue weighted by atomic mass is 35.5. The predicted molar refractivity (Wildman–Crippen MR) is 117 cm³/mol. The minimum absolute atomic E-state index is 0.0793. The average Bonchev–Trinajstić information content (AvgIpc) is 3.51. The third-order valence-corrected chi connectivity index (χ3v) is 7.03. The number of piperazine rings is 1. The maximum Gasteiger partial charge on any atom is 0.436 e. The second-order valence-corrected chi connectivity index (χ2v) is 9.48. The summed E-state index contributed by atoms with van der Waals surface area (Å²) in [6.07, 6.45) is -3.17. The Kier molecular flexibility index (Phi) is 6.69. The molecule has 11 heteroatoms. The van der Waals surface area contributed by atoms with E-state index in [0.29, 0.717) is 48.5 Å². The van der Waals surface area contributed by atoms with Gasteiger partial charge in [-0.3, -0.25) is 14.4 Å². The Morgan fingerprint density at radius 1 is 1.12 bits per heavy atom. The molecule has 2 heterocycles. The van der Waals surface area contributed by atoms with Crippen LogP contribution in [0.4, 0.5) is 13.2 Å². The van der Waals surface area contributed by atoms with Gasteiger partial charge >= 0.3 is 6.18 Å². The van der Waals surface area contributed by atoms with Crippen molar-refractivity contribution in [2.45, 2.75) is 44.4 Å². The van der Waals surface area contributed by atoms with Crippen LogP contribution in [0.5, 0.6) is 0 Å². The van der Waals surface area contributed by atoms with Crippen molar-refractivity contribution >= 4 is 40.7 Å². The summed E-state index contributed by atoms with van der Waals surface area (Å²) in [5.74, 6) is -0.335. The second kappa shape index (κ2) is 9.05. The largest absolute Gasteiger partial charge is 0.436 e. The standard InChI is InChI=1S/C21H22Cl3F3N4O/c1-12(31-18(14-3-4-14)17(24)19(28-31)21(25,26)27)20(32)30-8-6-29(7-9-30)11-13-2-5-15(22)16(23)10-13/h2,5,10,12,14H,3-4,6-9,11H2,1H3. The number of hydrogen-bond donors (Lipinski definition) is 0. The molecule has 174 valence electrons. The highest BCUT2D eigenvalue weighted by Crippen LogP contribution is 2.47. The fraction of sp³-hybridized carbons (Fsp3) is 0.524. The summed E-state index contributed by atoms with van der Waals surface area (Å²) in [5.41, 5.74) is 0.220. The quantitative estimate of drug-likeness (QED) is 0.523. The number of hydrogen-bond acceptors (Lipinski definition) is 3. The van der Waals surface area contributed by atoms with Gasteiger partial charge in [-0.15, -0.1) is 0 Å². The van der Waals surface area contributed by atoms with Gasteiger partial charge in [-0.05, 0) is 37.5 Å². The lowest BCUT2D eigenvalue weighted by Crippen LogP contribution is -2.50. The minimum atomic E-state index is -4.66. The molecule has 1 amide bonds. The van der Waals surface area contributed by atoms with Crippen LogP contribution in [-0.2, 0) is 17.5 Å². The number of nitrogens with zero attached hydrogens (tertiary/aromatic N) is 4. The summed E-state index contributed by atoms with van der Waals surface area (Å²) >= 11 is 18.1. The first-order chi connectivity index (χ1) is 15.1. The molecular formula is C21H22Cl3F3N4O. The van der Waals surface area contributed by atoms with Gasteiger partial charge in [0.1, 0.15) is 6.04 Å². The summed E-state index contributed by atoms with van der Waals surface area (Å²) < 4.78 is 41.2. The molecule has 5 nitrogen and oxygen atoms in total. The predicted octanol–water partition coefficient (Wildman–Crippen LogP) is 5.64. The summed E-state index contributed by atoms with van der Waals surface area (Å²) in [6, 6.07) is 4.62. The van der Waals surface area contributed by atoms with E-state index in [-0.39, 0.29) is 16.8 Å². The fourth-order valence-corrected chi connectivity index (χ4v) is 4.72. The molecule has 2 aliphatic rings. The Hall–Kier alpha value is -1.48. The first-order valence-electron chi connectivity index (χ1n) is 10.4. The zero-order chi connectivity index (χ0) is 23.2. The van der Waals surface area contributed by atoms with Crippen LogP contribution in [0.2, 0.25) is 15.1 Å². The van der Waals surface area contributed by atoms with Crippen molar-refractivity contribution in [2.24, 2.45) is 0 Å². The molecule has 0 spiro atoms. The molecule has 32 heavy (non-hydrogen) atoms. The molecule has 1 atom stereocenters. The Morgan fingerprint density at radius 2 is 1.78 bits per heavy atom. The van der Waals surface area contributed by atoms with Crippen molar-refractivity contribution in [1.82, 2.24) is 19.6 Å². The van der Waals surface area contributed by atoms with Crippen molar-refractivity contribution in [3.05, 3.63) is 50.2 Å². The van der Waals surface area contributed by atoms with Crippen molar-refractivity contribution in [2.75, 3.05) is 26.2 Å². The molecule has 2 aromatic rings. The van der Waals surface area contributed by atoms with Crippen LogP contribution in [0.3, 0.4) is 0 Å². The first kappa shape index (κ1) is 23.7. The molecule has 1 saturated heterocycles. The van der Waals surface area contributed by atoms with Gasteiger partial charge in [0.05, 0.1) is 20.8 Å². The van der Waals surface area contributed by atoms with Crippen LogP contribution >= 0.6 is 34.8 Å². The van der Waals surface area contributed by atoms with E-state index in [1.54, 1.807) is 17.9 Å². The molecule has 1 aromatic carbocycles. The van der Waals surface area contributed by atoms with Crippen LogP contribution in [-0.4, -0.2) is 51.7 Å². The van der Waals surface area contributed by atoms with Gasteiger partial charge in [-0.25, -0.2) is 0 Å². The summed E-state index contributed by atoms with van der Waals surface area (Å²) in [6.45, 7) is 4.49. The van der Waals surface area contributed by atoms with E-state index in [1.807, 2.05) is 12.1 Å². The van der Waals surface area contributed by atoms with E-state index in [2.05, 4.69) is 10.00 Å². The SMILES string of the molecule is CC(C(=O)N1CCN(Cc2ccc(Cl)c(Cl)c2)CC1)n1nc(C(F)(F)F)c(Cl)c1C1CC1. The van der Waals surface area contributed by atoms with Crippen LogP contribution in [0, 0.1) is 0 Å². The van der Waals surface area contributed by atoms with E-state index >= 15 is 0 Å². The van der Waals surface area contributed by atoms with Crippen LogP contribution in [0.15, 0.2) is 18.2 Å². The zero-order valence-electron chi connectivity index (χ0n) is 17.3. The van der Waals surface area contributed by atoms with E-state index < -0.39 is 17.9 Å². The highest BCUT2D eigenvalue weighted by molar-refractivity contribution is 6.42. The van der Waals surface area contributed by atoms with Gasteiger partial charge in [0.2, 0.25) is 5.91 Å². The minimum Gasteiger partial charge on any atom is -0.338 e. The van der Waals surface area contributed by atoms with Crippen molar-refractivity contribution in [1.29, 1.82) is 0 Å². The van der Waals surface area contributed by atoms with E-state index in [0.717, 1.165) is 18.4 Å². The van der Waals surface area contributed by atoms with Crippen LogP contribution in [0.1, 0.15) is 48.7 Å². The van der Waals surface area contributed by atoms with E-state index in [1.165, 1.54) is 4.68 Å². The van der Waals surface area contributed by atoms with Gasteiger partial charge in [0.15, 0.2) is 5.69 Å². The first-order valence-corrected chi connectivity index (χ1v) is 11.5. The Bertz CT molecular complexity index is 1010. The van der Waals surface area contributed by atoms with Crippen molar-refractivity contribution < 1.29 is 18.0 Å². The Labute approximate surface area is 199 Å². The van der Waals surface area contributed by atoms with Crippen molar-refractivity contribution in [3.8, 4) is 0 Å². The third kappa shape index (κ3) is 4.88. The molecule has 1 aromatic heterocycles. The Morgan fingerprint density at radius 3 is 2.34 bits per heavy atom. The lowest BCUT2D eigenvalue weighted by atomic mass is 10.2. The average molecular weight is 510 g/mol. The number of rotatable bonds is 5. The second-order valence-electron chi connectivity index (χ2n) is 8.29. The number of benzene rings is 1. The normalized spacial score (nSPS) is 18.8. The summed E-state index contributed by atoms with van der Waals surface area (Å²) in [5, 5.41) is 4.33. The zero-order valence-corrected chi connectivity index (χ0v) is 19.6. The smallest absolute Gasteiger partial charge is 0.338 e. The van der Waals surface area contributed by atoms with Gasteiger partial charge in [-0.1, -0.05) is 40.9 Å². The molecule has 0 radical (unpaired) electrons. The highest BCUT2D eigenvalue weighted by Gasteiger charge is 2.43. The van der Waals surface area contributed by atoms with Crippen LogP contribution in [0.25, 0.3) is 0 Å². The lowest BCUT2D eigenvalue weighted by Gasteiger charge is -2.36. The Balaban J connectivity index is 1.43. The lowest BCUT2D eigenvalue weighted by molar-refractivity contribution is -0.142. The number of halogens is 6. The molecule has 1 saturated carbocycles. The van der Waals surface area contributed by atoms with Crippen molar-refractivity contribution in [3.63, 3.8) is 0 Å². The molecule has 1 aliphatic carbocycles. The topological polar surface area (TPSA) is 41.4 Å². The summed E-state index contributed by atoms with van der Waals surface area (Å²) in [7, 11) is 0. The monoisotopic (exact) mass is 508 g/mol. The number of aromatic nitrogens is 2. The number of alkyl halides is 3. The molecule has 1 aliphatic heterocycles. The molecule has 0 N–H and O–H groups in total. The summed E-state index contributed by atoms with van der Waals surface area (Å²) in [4.78, 5) is 17.0. The molecule has 0 bridgehead atoms. The number of carbonyl (C=O) groups excluding carboxylic acids is 1.